The van der Waals surface area contributed by atoms with Crippen molar-refractivity contribution in [2.45, 2.75) is 6.42 Å². The van der Waals surface area contributed by atoms with Crippen LogP contribution in [0, 0.1) is 23.7 Å². The van der Waals surface area contributed by atoms with E-state index in [-0.39, 0.29) is 0 Å². The summed E-state index contributed by atoms with van der Waals surface area (Å²) in [7, 11) is 0. The summed E-state index contributed by atoms with van der Waals surface area (Å²) in [5, 5.41) is 8.57. The molecule has 0 radical (unpaired) electrons. The van der Waals surface area contributed by atoms with Crippen molar-refractivity contribution in [3.63, 3.8) is 0 Å². The molecule has 1 aromatic heterocycles. The first-order valence-electron chi connectivity index (χ1n) is 3.79. The van der Waals surface area contributed by atoms with Gasteiger partial charge in [-0.05, 0) is 6.07 Å². The molecular formula is C10H8N2O. The van der Waals surface area contributed by atoms with Gasteiger partial charge in [-0.2, -0.15) is 5.26 Å². The Morgan fingerprint density at radius 2 is 2.46 bits per heavy atom. The van der Waals surface area contributed by atoms with Crippen LogP contribution in [0.5, 0.6) is 5.88 Å². The minimum absolute atomic E-state index is 0.429. The molecule has 0 saturated carbocycles. The molecule has 0 bridgehead atoms. The Bertz CT molecular complexity index is 360. The van der Waals surface area contributed by atoms with Crippen molar-refractivity contribution in [2.75, 3.05) is 6.61 Å². The molecule has 0 saturated heterocycles. The summed E-state index contributed by atoms with van der Waals surface area (Å²) in [5.74, 6) is 2.89. The number of pyridine rings is 1. The van der Waals surface area contributed by atoms with E-state index in [0.29, 0.717) is 24.5 Å². The number of ether oxygens (including phenoxy) is 1. The molecule has 64 valence electrons. The van der Waals surface area contributed by atoms with Crippen molar-refractivity contribution in [1.82, 2.24) is 4.98 Å². The summed E-state index contributed by atoms with van der Waals surface area (Å²) in [4.78, 5) is 3.92. The van der Waals surface area contributed by atoms with Gasteiger partial charge in [-0.3, -0.25) is 0 Å². The lowest BCUT2D eigenvalue weighted by atomic mass is 10.3. The van der Waals surface area contributed by atoms with Crippen LogP contribution >= 0.6 is 0 Å². The van der Waals surface area contributed by atoms with E-state index >= 15 is 0 Å². The Hall–Kier alpha value is -2.00. The molecule has 0 aliphatic carbocycles. The van der Waals surface area contributed by atoms with E-state index in [2.05, 4.69) is 10.9 Å². The Kier molecular flexibility index (Phi) is 3.35. The van der Waals surface area contributed by atoms with Crippen LogP contribution in [0.2, 0.25) is 0 Å². The van der Waals surface area contributed by atoms with Crippen molar-refractivity contribution in [3.05, 3.63) is 23.9 Å². The van der Waals surface area contributed by atoms with E-state index in [1.807, 2.05) is 6.07 Å². The fourth-order valence-electron chi connectivity index (χ4n) is 0.772. The Morgan fingerprint density at radius 1 is 1.62 bits per heavy atom. The van der Waals surface area contributed by atoms with E-state index < -0.39 is 0 Å². The van der Waals surface area contributed by atoms with Gasteiger partial charge < -0.3 is 4.74 Å². The molecule has 0 atom stereocenters. The molecule has 0 fully saturated rings. The first kappa shape index (κ1) is 9.09. The minimum atomic E-state index is 0.429. The maximum absolute atomic E-state index is 8.57. The van der Waals surface area contributed by atoms with Crippen LogP contribution in [0.25, 0.3) is 0 Å². The predicted octanol–water partition coefficient (Wildman–Crippen LogP) is 1.36. The van der Waals surface area contributed by atoms with Crippen molar-refractivity contribution in [3.8, 4) is 24.3 Å². The third kappa shape index (κ3) is 2.84. The number of aromatic nitrogens is 1. The lowest BCUT2D eigenvalue weighted by Crippen LogP contribution is -1.97. The Morgan fingerprint density at radius 3 is 3.15 bits per heavy atom. The van der Waals surface area contributed by atoms with Gasteiger partial charge >= 0.3 is 0 Å². The molecule has 1 heterocycles. The molecule has 0 aliphatic heterocycles. The highest BCUT2D eigenvalue weighted by atomic mass is 16.5. The third-order valence-electron chi connectivity index (χ3n) is 1.36. The van der Waals surface area contributed by atoms with Crippen LogP contribution in [0.4, 0.5) is 0 Å². The van der Waals surface area contributed by atoms with Gasteiger partial charge in [0.25, 0.3) is 0 Å². The summed E-state index contributed by atoms with van der Waals surface area (Å²) in [6.45, 7) is 0.429. The van der Waals surface area contributed by atoms with Crippen LogP contribution in [-0.2, 0) is 0 Å². The molecule has 0 N–H and O–H groups in total. The number of hydrogen-bond acceptors (Lipinski definition) is 3. The lowest BCUT2D eigenvalue weighted by Gasteiger charge is -2.01. The maximum Gasteiger partial charge on any atom is 0.214 e. The fourth-order valence-corrected chi connectivity index (χ4v) is 0.772. The van der Waals surface area contributed by atoms with E-state index in [9.17, 15) is 0 Å². The quantitative estimate of drug-likeness (QED) is 0.510. The second kappa shape index (κ2) is 4.79. The predicted molar refractivity (Wildman–Crippen MR) is 47.9 cm³/mol. The molecule has 1 aromatic rings. The molecule has 3 nitrogen and oxygen atoms in total. The van der Waals surface area contributed by atoms with Crippen molar-refractivity contribution < 1.29 is 4.74 Å². The first-order chi connectivity index (χ1) is 6.36. The smallest absolute Gasteiger partial charge is 0.214 e. The van der Waals surface area contributed by atoms with Gasteiger partial charge in [0.05, 0.1) is 11.6 Å². The number of nitriles is 1. The van der Waals surface area contributed by atoms with Crippen LogP contribution < -0.4 is 4.74 Å². The van der Waals surface area contributed by atoms with Gasteiger partial charge in [-0.25, -0.2) is 4.98 Å². The molecule has 1 rings (SSSR count). The van der Waals surface area contributed by atoms with Gasteiger partial charge in [0.2, 0.25) is 5.88 Å². The van der Waals surface area contributed by atoms with E-state index in [1.54, 1.807) is 12.1 Å². The molecule has 0 aromatic carbocycles. The summed E-state index contributed by atoms with van der Waals surface area (Å²) >= 11 is 0. The summed E-state index contributed by atoms with van der Waals surface area (Å²) < 4.78 is 5.18. The molecule has 0 unspecified atom stereocenters. The van der Waals surface area contributed by atoms with E-state index in [0.717, 1.165) is 0 Å². The van der Waals surface area contributed by atoms with Gasteiger partial charge in [-0.15, -0.1) is 12.3 Å². The van der Waals surface area contributed by atoms with Gasteiger partial charge in [-0.1, -0.05) is 0 Å². The molecular weight excluding hydrogens is 164 g/mol. The average molecular weight is 172 g/mol. The second-order valence-corrected chi connectivity index (χ2v) is 2.30. The number of hydrogen-bond donors (Lipinski definition) is 0. The van der Waals surface area contributed by atoms with Crippen LogP contribution in [0.3, 0.4) is 0 Å². The molecule has 0 aliphatic rings. The fraction of sp³-hybridized carbons (Fsp3) is 0.200. The van der Waals surface area contributed by atoms with Crippen molar-refractivity contribution in [1.29, 1.82) is 5.26 Å². The topological polar surface area (TPSA) is 45.9 Å². The monoisotopic (exact) mass is 172 g/mol. The largest absolute Gasteiger partial charge is 0.477 e. The van der Waals surface area contributed by atoms with Gasteiger partial charge in [0.15, 0.2) is 0 Å². The van der Waals surface area contributed by atoms with E-state index in [4.69, 9.17) is 16.4 Å². The summed E-state index contributed by atoms with van der Waals surface area (Å²) in [6.07, 6.45) is 7.12. The Labute approximate surface area is 77.0 Å². The highest BCUT2D eigenvalue weighted by Gasteiger charge is 1.95. The summed E-state index contributed by atoms with van der Waals surface area (Å²) in [6, 6.07) is 5.20. The lowest BCUT2D eigenvalue weighted by molar-refractivity contribution is 0.314. The zero-order valence-electron chi connectivity index (χ0n) is 7.03. The van der Waals surface area contributed by atoms with Gasteiger partial charge in [0.1, 0.15) is 6.61 Å². The van der Waals surface area contributed by atoms with Crippen molar-refractivity contribution >= 4 is 0 Å². The number of terminal acetylenes is 1. The average Bonchev–Trinajstić information content (AvgIpc) is 2.19. The summed E-state index contributed by atoms with van der Waals surface area (Å²) in [5.41, 5.74) is 0.533. The highest BCUT2D eigenvalue weighted by Crippen LogP contribution is 2.07. The zero-order valence-corrected chi connectivity index (χ0v) is 7.03. The van der Waals surface area contributed by atoms with Gasteiger partial charge in [0, 0.05) is 18.7 Å². The van der Waals surface area contributed by atoms with Crippen molar-refractivity contribution in [2.24, 2.45) is 0 Å². The van der Waals surface area contributed by atoms with E-state index in [1.165, 1.54) is 6.20 Å². The third-order valence-corrected chi connectivity index (χ3v) is 1.36. The Balaban J connectivity index is 2.59. The van der Waals surface area contributed by atoms with Crippen LogP contribution in [0.15, 0.2) is 18.3 Å². The second-order valence-electron chi connectivity index (χ2n) is 2.30. The molecule has 0 amide bonds. The van der Waals surface area contributed by atoms with Crippen LogP contribution in [0.1, 0.15) is 12.0 Å². The maximum atomic E-state index is 8.57. The SMILES string of the molecule is C#CCCOc1cc(C#N)ccn1. The molecule has 13 heavy (non-hydrogen) atoms. The minimum Gasteiger partial charge on any atom is -0.477 e. The first-order valence-corrected chi connectivity index (χ1v) is 3.79. The standard InChI is InChI=1S/C10H8N2O/c1-2-3-6-13-10-7-9(8-11)4-5-12-10/h1,4-5,7H,3,6H2. The highest BCUT2D eigenvalue weighted by molar-refractivity contribution is 5.31. The molecule has 0 spiro atoms. The normalized spacial score (nSPS) is 8.46. The number of nitrogens with zero attached hydrogens (tertiary/aromatic N) is 2. The van der Waals surface area contributed by atoms with Crippen LogP contribution in [-0.4, -0.2) is 11.6 Å². The zero-order chi connectivity index (χ0) is 9.52. The molecule has 3 heteroatoms. The number of rotatable bonds is 3.